The minimum atomic E-state index is -0.319. The summed E-state index contributed by atoms with van der Waals surface area (Å²) in [6.45, 7) is 1.01. The number of hydrogen-bond acceptors (Lipinski definition) is 4. The first-order valence-electron chi connectivity index (χ1n) is 7.89. The number of carbonyl (C=O) groups excluding carboxylic acids is 2. The van der Waals surface area contributed by atoms with Crippen molar-refractivity contribution in [3.63, 3.8) is 0 Å². The molecule has 0 saturated carbocycles. The quantitative estimate of drug-likeness (QED) is 0.651. The SMILES string of the molecule is CNC(=O)c1cc(C(=O)NCCCN)cc(Cc2ccccc2)n1.Cl. The van der Waals surface area contributed by atoms with Gasteiger partial charge in [0, 0.05) is 31.3 Å². The predicted octanol–water partition coefficient (Wildman–Crippen LogP) is 1.53. The van der Waals surface area contributed by atoms with Crippen molar-refractivity contribution in [2.75, 3.05) is 20.1 Å². The number of aromatic nitrogens is 1. The van der Waals surface area contributed by atoms with Gasteiger partial charge in [-0.15, -0.1) is 12.4 Å². The summed E-state index contributed by atoms with van der Waals surface area (Å²) in [6.07, 6.45) is 1.25. The number of pyridine rings is 1. The van der Waals surface area contributed by atoms with E-state index in [1.165, 1.54) is 13.1 Å². The van der Waals surface area contributed by atoms with Gasteiger partial charge in [-0.05, 0) is 30.7 Å². The molecule has 7 heteroatoms. The van der Waals surface area contributed by atoms with E-state index in [1.54, 1.807) is 6.07 Å². The average molecular weight is 363 g/mol. The van der Waals surface area contributed by atoms with Crippen molar-refractivity contribution < 1.29 is 9.59 Å². The summed E-state index contributed by atoms with van der Waals surface area (Å²) in [7, 11) is 1.54. The first kappa shape index (κ1) is 20.6. The highest BCUT2D eigenvalue weighted by molar-refractivity contribution is 5.98. The summed E-state index contributed by atoms with van der Waals surface area (Å²) in [5.74, 6) is -0.550. The Hall–Kier alpha value is -2.44. The van der Waals surface area contributed by atoms with Crippen LogP contribution < -0.4 is 16.4 Å². The first-order valence-corrected chi connectivity index (χ1v) is 7.89. The normalized spacial score (nSPS) is 9.84. The van der Waals surface area contributed by atoms with Gasteiger partial charge in [0.25, 0.3) is 11.8 Å². The summed E-state index contributed by atoms with van der Waals surface area (Å²) >= 11 is 0. The lowest BCUT2D eigenvalue weighted by atomic mass is 10.1. The molecule has 0 atom stereocenters. The predicted molar refractivity (Wildman–Crippen MR) is 100 cm³/mol. The molecule has 0 radical (unpaired) electrons. The number of hydrogen-bond donors (Lipinski definition) is 3. The lowest BCUT2D eigenvalue weighted by Crippen LogP contribution is -2.27. The largest absolute Gasteiger partial charge is 0.354 e. The Kier molecular flexibility index (Phi) is 8.60. The second-order valence-corrected chi connectivity index (χ2v) is 5.37. The molecule has 0 aliphatic heterocycles. The molecule has 1 aromatic heterocycles. The second-order valence-electron chi connectivity index (χ2n) is 5.37. The molecular weight excluding hydrogens is 340 g/mol. The molecule has 2 aromatic rings. The fourth-order valence-corrected chi connectivity index (χ4v) is 2.26. The van der Waals surface area contributed by atoms with Gasteiger partial charge in [0.05, 0.1) is 0 Å². The third-order valence-electron chi connectivity index (χ3n) is 3.49. The van der Waals surface area contributed by atoms with E-state index in [9.17, 15) is 9.59 Å². The Morgan fingerprint density at radius 3 is 2.48 bits per heavy atom. The van der Waals surface area contributed by atoms with Crippen molar-refractivity contribution in [1.82, 2.24) is 15.6 Å². The van der Waals surface area contributed by atoms with Crippen LogP contribution in [0.3, 0.4) is 0 Å². The van der Waals surface area contributed by atoms with Crippen LogP contribution in [0.25, 0.3) is 0 Å². The molecule has 0 spiro atoms. The van der Waals surface area contributed by atoms with E-state index in [-0.39, 0.29) is 29.9 Å². The molecule has 134 valence electrons. The van der Waals surface area contributed by atoms with Crippen molar-refractivity contribution in [3.05, 3.63) is 65.0 Å². The van der Waals surface area contributed by atoms with Gasteiger partial charge in [-0.25, -0.2) is 4.98 Å². The van der Waals surface area contributed by atoms with Gasteiger partial charge in [-0.1, -0.05) is 30.3 Å². The Morgan fingerprint density at radius 1 is 1.12 bits per heavy atom. The Labute approximate surface area is 153 Å². The number of benzene rings is 1. The Bertz CT molecular complexity index is 707. The standard InChI is InChI=1S/C18H22N4O2.ClH/c1-20-18(24)16-12-14(17(23)21-9-5-8-19)11-15(22-16)10-13-6-3-2-4-7-13;/h2-4,6-7,11-12H,5,8-10,19H2,1H3,(H,20,24)(H,21,23);1H. The topological polar surface area (TPSA) is 97.1 Å². The molecule has 1 aromatic carbocycles. The number of carbonyl (C=O) groups is 2. The molecule has 6 nitrogen and oxygen atoms in total. The zero-order valence-electron chi connectivity index (χ0n) is 14.1. The van der Waals surface area contributed by atoms with Crippen LogP contribution in [0, 0.1) is 0 Å². The minimum Gasteiger partial charge on any atom is -0.354 e. The van der Waals surface area contributed by atoms with Crippen molar-refractivity contribution in [2.24, 2.45) is 5.73 Å². The highest BCUT2D eigenvalue weighted by Gasteiger charge is 2.14. The summed E-state index contributed by atoms with van der Waals surface area (Å²) in [5.41, 5.74) is 7.82. The van der Waals surface area contributed by atoms with Crippen LogP contribution in [0.5, 0.6) is 0 Å². The highest BCUT2D eigenvalue weighted by Crippen LogP contribution is 2.12. The molecule has 4 N–H and O–H groups in total. The zero-order chi connectivity index (χ0) is 17.4. The van der Waals surface area contributed by atoms with Gasteiger partial charge < -0.3 is 16.4 Å². The number of nitrogens with two attached hydrogens (primary N) is 1. The van der Waals surface area contributed by atoms with Crippen LogP contribution in [-0.2, 0) is 6.42 Å². The fraction of sp³-hybridized carbons (Fsp3) is 0.278. The van der Waals surface area contributed by atoms with Gasteiger partial charge in [0.1, 0.15) is 5.69 Å². The maximum atomic E-state index is 12.3. The van der Waals surface area contributed by atoms with Gasteiger partial charge in [-0.3, -0.25) is 9.59 Å². The van der Waals surface area contributed by atoms with Crippen LogP contribution in [0.15, 0.2) is 42.5 Å². The molecule has 0 aliphatic rings. The minimum absolute atomic E-state index is 0. The van der Waals surface area contributed by atoms with E-state index in [2.05, 4.69) is 15.6 Å². The third-order valence-corrected chi connectivity index (χ3v) is 3.49. The van der Waals surface area contributed by atoms with Gasteiger partial charge in [-0.2, -0.15) is 0 Å². The van der Waals surface area contributed by atoms with Gasteiger partial charge >= 0.3 is 0 Å². The van der Waals surface area contributed by atoms with E-state index in [4.69, 9.17) is 5.73 Å². The first-order chi connectivity index (χ1) is 11.6. The Morgan fingerprint density at radius 2 is 1.84 bits per heavy atom. The molecule has 25 heavy (non-hydrogen) atoms. The summed E-state index contributed by atoms with van der Waals surface area (Å²) in [6, 6.07) is 13.0. The van der Waals surface area contributed by atoms with Crippen LogP contribution in [0.1, 0.15) is 38.5 Å². The van der Waals surface area contributed by atoms with Gasteiger partial charge in [0.2, 0.25) is 0 Å². The van der Waals surface area contributed by atoms with E-state index in [0.29, 0.717) is 37.2 Å². The zero-order valence-corrected chi connectivity index (χ0v) is 14.9. The smallest absolute Gasteiger partial charge is 0.269 e. The average Bonchev–Trinajstić information content (AvgIpc) is 2.61. The van der Waals surface area contributed by atoms with Crippen LogP contribution in [0.2, 0.25) is 0 Å². The number of nitrogens with one attached hydrogen (secondary N) is 2. The lowest BCUT2D eigenvalue weighted by molar-refractivity contribution is 0.0953. The Balaban J connectivity index is 0.00000312. The number of nitrogens with zero attached hydrogens (tertiary/aromatic N) is 1. The molecule has 0 saturated heterocycles. The van der Waals surface area contributed by atoms with Gasteiger partial charge in [0.15, 0.2) is 0 Å². The van der Waals surface area contributed by atoms with E-state index in [1.807, 2.05) is 30.3 Å². The number of rotatable bonds is 7. The monoisotopic (exact) mass is 362 g/mol. The molecule has 0 bridgehead atoms. The van der Waals surface area contributed by atoms with Crippen LogP contribution >= 0.6 is 12.4 Å². The maximum Gasteiger partial charge on any atom is 0.269 e. The highest BCUT2D eigenvalue weighted by atomic mass is 35.5. The fourth-order valence-electron chi connectivity index (χ4n) is 2.26. The molecule has 2 amide bonds. The van der Waals surface area contributed by atoms with E-state index < -0.39 is 0 Å². The van der Waals surface area contributed by atoms with Crippen molar-refractivity contribution in [3.8, 4) is 0 Å². The van der Waals surface area contributed by atoms with Crippen molar-refractivity contribution in [2.45, 2.75) is 12.8 Å². The summed E-state index contributed by atoms with van der Waals surface area (Å²) in [5, 5.41) is 5.34. The maximum absolute atomic E-state index is 12.3. The molecule has 0 aliphatic carbocycles. The molecular formula is C18H23ClN4O2. The van der Waals surface area contributed by atoms with Crippen LogP contribution in [-0.4, -0.2) is 36.9 Å². The summed E-state index contributed by atoms with van der Waals surface area (Å²) < 4.78 is 0. The lowest BCUT2D eigenvalue weighted by Gasteiger charge is -2.09. The molecule has 0 fully saturated rings. The molecule has 0 unspecified atom stereocenters. The van der Waals surface area contributed by atoms with Crippen LogP contribution in [0.4, 0.5) is 0 Å². The van der Waals surface area contributed by atoms with E-state index >= 15 is 0 Å². The van der Waals surface area contributed by atoms with Crippen molar-refractivity contribution >= 4 is 24.2 Å². The number of amides is 2. The summed E-state index contributed by atoms with van der Waals surface area (Å²) in [4.78, 5) is 28.6. The molecule has 2 rings (SSSR count). The second kappa shape index (κ2) is 10.4. The van der Waals surface area contributed by atoms with E-state index in [0.717, 1.165) is 5.56 Å². The number of halogens is 1. The molecule has 1 heterocycles. The van der Waals surface area contributed by atoms with Crippen molar-refractivity contribution in [1.29, 1.82) is 0 Å². The third kappa shape index (κ3) is 6.17.